The number of amides is 1. The van der Waals surface area contributed by atoms with Crippen molar-refractivity contribution in [2.24, 2.45) is 0 Å². The summed E-state index contributed by atoms with van der Waals surface area (Å²) in [6.07, 6.45) is 3.20. The molecule has 0 saturated carbocycles. The van der Waals surface area contributed by atoms with Crippen LogP contribution in [0.25, 0.3) is 16.5 Å². The Hall–Kier alpha value is -2.66. The van der Waals surface area contributed by atoms with Gasteiger partial charge in [0.1, 0.15) is 0 Å². The molecule has 0 fully saturated rings. The Labute approximate surface area is 162 Å². The number of hydrogen-bond donors (Lipinski definition) is 3. The molecule has 27 heavy (non-hydrogen) atoms. The number of nitrogens with two attached hydrogens (primary N) is 1. The van der Waals surface area contributed by atoms with Crippen molar-refractivity contribution in [2.75, 3.05) is 11.1 Å². The molecule has 3 rings (SSSR count). The van der Waals surface area contributed by atoms with Crippen LogP contribution in [0.15, 0.2) is 66.1 Å². The summed E-state index contributed by atoms with van der Waals surface area (Å²) >= 11 is 1.62. The van der Waals surface area contributed by atoms with Crippen molar-refractivity contribution >= 4 is 42.7 Å². The molecule has 1 atom stereocenters. The summed E-state index contributed by atoms with van der Waals surface area (Å²) in [7, 11) is -2.57. The molecule has 1 aromatic heterocycles. The number of anilines is 2. The van der Waals surface area contributed by atoms with Crippen LogP contribution in [0.4, 0.5) is 11.4 Å². The zero-order chi connectivity index (χ0) is 19.2. The van der Waals surface area contributed by atoms with Crippen LogP contribution in [0.3, 0.4) is 0 Å². The maximum atomic E-state index is 12.3. The zero-order valence-corrected chi connectivity index (χ0v) is 16.2. The van der Waals surface area contributed by atoms with Crippen molar-refractivity contribution < 1.29 is 14.3 Å². The number of hydrogen-bond acceptors (Lipinski definition) is 4. The summed E-state index contributed by atoms with van der Waals surface area (Å²) < 4.78 is 11.0. The second-order valence-electron chi connectivity index (χ2n) is 5.92. The molecule has 3 aromatic rings. The summed E-state index contributed by atoms with van der Waals surface area (Å²) in [5.74, 6) is -0.300. The number of nitrogen functional groups attached to an aromatic ring is 1. The molecular weight excluding hydrogens is 379 g/mol. The Morgan fingerprint density at radius 3 is 2.78 bits per heavy atom. The van der Waals surface area contributed by atoms with E-state index in [1.165, 1.54) is 6.08 Å². The minimum atomic E-state index is -2.57. The molecule has 4 N–H and O–H groups in total. The van der Waals surface area contributed by atoms with Crippen molar-refractivity contribution in [2.45, 2.75) is 6.16 Å². The highest BCUT2D eigenvalue weighted by Gasteiger charge is 2.06. The van der Waals surface area contributed by atoms with Crippen LogP contribution < -0.4 is 11.1 Å². The van der Waals surface area contributed by atoms with E-state index in [4.69, 9.17) is 10.6 Å². The van der Waals surface area contributed by atoms with Gasteiger partial charge in [0.2, 0.25) is 5.91 Å². The average molecular weight is 398 g/mol. The van der Waals surface area contributed by atoms with Crippen molar-refractivity contribution in [1.29, 1.82) is 0 Å². The predicted molar refractivity (Wildman–Crippen MR) is 113 cm³/mol. The van der Waals surface area contributed by atoms with Gasteiger partial charge < -0.3 is 15.9 Å². The topological polar surface area (TPSA) is 92.4 Å². The van der Waals surface area contributed by atoms with Crippen LogP contribution >= 0.6 is 19.4 Å². The van der Waals surface area contributed by atoms with Crippen molar-refractivity contribution in [3.05, 3.63) is 77.2 Å². The lowest BCUT2D eigenvalue weighted by Crippen LogP contribution is -2.09. The van der Waals surface area contributed by atoms with E-state index < -0.39 is 8.03 Å². The molecule has 1 amide bonds. The lowest BCUT2D eigenvalue weighted by Gasteiger charge is -2.08. The van der Waals surface area contributed by atoms with Gasteiger partial charge >= 0.3 is 0 Å². The molecule has 138 valence electrons. The van der Waals surface area contributed by atoms with Gasteiger partial charge in [-0.1, -0.05) is 36.4 Å². The average Bonchev–Trinajstić information content (AvgIpc) is 3.16. The summed E-state index contributed by atoms with van der Waals surface area (Å²) in [6.45, 7) is 0. The zero-order valence-electron chi connectivity index (χ0n) is 14.4. The van der Waals surface area contributed by atoms with E-state index in [1.54, 1.807) is 41.7 Å². The lowest BCUT2D eigenvalue weighted by atomic mass is 10.1. The van der Waals surface area contributed by atoms with Gasteiger partial charge in [-0.25, -0.2) is 0 Å². The molecular formula is C20H19N2O3PS. The minimum Gasteiger partial charge on any atom is -0.397 e. The highest BCUT2D eigenvalue weighted by Crippen LogP contribution is 2.30. The van der Waals surface area contributed by atoms with Gasteiger partial charge in [-0.3, -0.25) is 9.36 Å². The third kappa shape index (κ3) is 5.41. The third-order valence-corrected chi connectivity index (χ3v) is 5.48. The van der Waals surface area contributed by atoms with E-state index in [0.717, 1.165) is 21.6 Å². The quantitative estimate of drug-likeness (QED) is 0.321. The monoisotopic (exact) mass is 398 g/mol. The fourth-order valence-corrected chi connectivity index (χ4v) is 3.88. The first kappa shape index (κ1) is 19.1. The van der Waals surface area contributed by atoms with Gasteiger partial charge in [-0.2, -0.15) is 0 Å². The Balaban J connectivity index is 1.71. The largest absolute Gasteiger partial charge is 0.397 e. The first-order valence-corrected chi connectivity index (χ1v) is 10.7. The molecule has 1 heterocycles. The number of carbonyl (C=O) groups is 1. The number of carbonyl (C=O) groups excluding carboxylic acids is 1. The van der Waals surface area contributed by atoms with Crippen molar-refractivity contribution in [1.82, 2.24) is 0 Å². The van der Waals surface area contributed by atoms with E-state index >= 15 is 0 Å². The number of benzene rings is 2. The Morgan fingerprint density at radius 1 is 1.19 bits per heavy atom. The van der Waals surface area contributed by atoms with Crippen molar-refractivity contribution in [3.8, 4) is 10.4 Å². The number of rotatable bonds is 6. The van der Waals surface area contributed by atoms with Crippen LogP contribution in [0, 0.1) is 0 Å². The van der Waals surface area contributed by atoms with Crippen LogP contribution in [-0.4, -0.2) is 10.8 Å². The second kappa shape index (κ2) is 8.82. The highest BCUT2D eigenvalue weighted by atomic mass is 32.1. The maximum absolute atomic E-state index is 12.3. The summed E-state index contributed by atoms with van der Waals surface area (Å²) in [6, 6.07) is 16.7. The van der Waals surface area contributed by atoms with Gasteiger partial charge in [0.25, 0.3) is 0 Å². The normalized spacial score (nSPS) is 12.2. The van der Waals surface area contributed by atoms with Gasteiger partial charge in [0, 0.05) is 17.1 Å². The SMILES string of the molecule is Nc1ccc(-c2cccs2)cc1NC(=O)C=Cc1cccc(C[PH](=O)O)c1. The molecule has 0 aliphatic rings. The van der Waals surface area contributed by atoms with E-state index in [-0.39, 0.29) is 12.1 Å². The van der Waals surface area contributed by atoms with Crippen LogP contribution in [0.2, 0.25) is 0 Å². The van der Waals surface area contributed by atoms with Gasteiger partial charge in [-0.05, 0) is 46.3 Å². The molecule has 0 radical (unpaired) electrons. The summed E-state index contributed by atoms with van der Waals surface area (Å²) in [5, 5.41) is 4.79. The molecule has 0 aliphatic heterocycles. The number of thiophene rings is 1. The standard InChI is InChI=1S/C20H19N2O3PS/c21-17-8-7-16(19-5-2-10-27-19)12-18(17)22-20(23)9-6-14-3-1-4-15(11-14)13-26(24)25/h1-12,26H,13,21H2,(H,22,23)(H,24,25). The van der Waals surface area contributed by atoms with Gasteiger partial charge in [-0.15, -0.1) is 11.3 Å². The van der Waals surface area contributed by atoms with E-state index in [9.17, 15) is 9.36 Å². The minimum absolute atomic E-state index is 0.130. The molecule has 1 unspecified atom stereocenters. The van der Waals surface area contributed by atoms with E-state index in [1.807, 2.05) is 35.7 Å². The Kier molecular flexibility index (Phi) is 6.24. The molecule has 2 aromatic carbocycles. The summed E-state index contributed by atoms with van der Waals surface area (Å²) in [4.78, 5) is 22.4. The van der Waals surface area contributed by atoms with Crippen LogP contribution in [0.5, 0.6) is 0 Å². The lowest BCUT2D eigenvalue weighted by molar-refractivity contribution is -0.111. The third-order valence-electron chi connectivity index (χ3n) is 3.85. The van der Waals surface area contributed by atoms with E-state index in [2.05, 4.69) is 5.32 Å². The molecule has 0 saturated heterocycles. The number of nitrogens with one attached hydrogen (secondary N) is 1. The molecule has 0 spiro atoms. The van der Waals surface area contributed by atoms with E-state index in [0.29, 0.717) is 11.4 Å². The second-order valence-corrected chi connectivity index (χ2v) is 8.01. The first-order valence-electron chi connectivity index (χ1n) is 8.24. The molecule has 0 aliphatic carbocycles. The molecule has 5 nitrogen and oxygen atoms in total. The Bertz CT molecular complexity index is 1000. The fourth-order valence-electron chi connectivity index (χ4n) is 2.59. The molecule has 0 bridgehead atoms. The van der Waals surface area contributed by atoms with Gasteiger partial charge in [0.05, 0.1) is 11.4 Å². The smallest absolute Gasteiger partial charge is 0.248 e. The fraction of sp³-hybridized carbons (Fsp3) is 0.0500. The highest BCUT2D eigenvalue weighted by molar-refractivity contribution is 7.37. The first-order chi connectivity index (χ1) is 13.0. The van der Waals surface area contributed by atoms with Gasteiger partial charge in [0.15, 0.2) is 8.03 Å². The Morgan fingerprint density at radius 2 is 2.04 bits per heavy atom. The van der Waals surface area contributed by atoms with Crippen LogP contribution in [0.1, 0.15) is 11.1 Å². The van der Waals surface area contributed by atoms with Crippen molar-refractivity contribution in [3.63, 3.8) is 0 Å². The predicted octanol–water partition coefficient (Wildman–Crippen LogP) is 4.62. The maximum Gasteiger partial charge on any atom is 0.248 e. The summed E-state index contributed by atoms with van der Waals surface area (Å²) in [5.41, 5.74) is 9.57. The van der Waals surface area contributed by atoms with Crippen LogP contribution in [-0.2, 0) is 15.5 Å². The molecule has 7 heteroatoms.